The molecule has 1 aromatic carbocycles. The summed E-state index contributed by atoms with van der Waals surface area (Å²) in [5.41, 5.74) is 1.49. The van der Waals surface area contributed by atoms with Gasteiger partial charge in [0.25, 0.3) is 11.5 Å². The maximum absolute atomic E-state index is 12.4. The van der Waals surface area contributed by atoms with E-state index in [1.807, 2.05) is 0 Å². The number of rotatable bonds is 4. The number of aryl methyl sites for hydroxylation is 2. The van der Waals surface area contributed by atoms with Gasteiger partial charge in [0.15, 0.2) is 5.82 Å². The monoisotopic (exact) mass is 351 g/mol. The highest BCUT2D eigenvalue weighted by molar-refractivity contribution is 6.08. The lowest BCUT2D eigenvalue weighted by Gasteiger charge is -2.08. The second-order valence-electron chi connectivity index (χ2n) is 5.86. The first-order chi connectivity index (χ1) is 12.4. The van der Waals surface area contributed by atoms with Gasteiger partial charge in [-0.2, -0.15) is 5.10 Å². The fourth-order valence-corrected chi connectivity index (χ4v) is 2.51. The second-order valence-corrected chi connectivity index (χ2v) is 5.86. The summed E-state index contributed by atoms with van der Waals surface area (Å²) in [7, 11) is 1.74. The molecule has 0 saturated heterocycles. The van der Waals surface area contributed by atoms with Gasteiger partial charge in [-0.3, -0.25) is 14.4 Å². The average molecular weight is 351 g/mol. The van der Waals surface area contributed by atoms with Gasteiger partial charge in [0.05, 0.1) is 5.69 Å². The number of nitrogens with one attached hydrogen (secondary N) is 2. The van der Waals surface area contributed by atoms with Crippen molar-refractivity contribution < 1.29 is 9.59 Å². The number of aromatic nitrogens is 4. The minimum Gasteiger partial charge on any atom is -0.331 e. The van der Waals surface area contributed by atoms with E-state index in [9.17, 15) is 14.4 Å². The quantitative estimate of drug-likeness (QED) is 0.694. The minimum absolute atomic E-state index is 0.0191. The van der Waals surface area contributed by atoms with E-state index >= 15 is 0 Å². The van der Waals surface area contributed by atoms with Crippen molar-refractivity contribution in [3.63, 3.8) is 0 Å². The van der Waals surface area contributed by atoms with Crippen molar-refractivity contribution in [2.45, 2.75) is 13.8 Å². The van der Waals surface area contributed by atoms with Crippen molar-refractivity contribution >= 4 is 17.4 Å². The topological polar surface area (TPSA) is 110 Å². The summed E-state index contributed by atoms with van der Waals surface area (Å²) in [4.78, 5) is 40.7. The van der Waals surface area contributed by atoms with E-state index in [1.54, 1.807) is 62.1 Å². The Balaban J connectivity index is 1.81. The molecule has 2 N–H and O–H groups in total. The summed E-state index contributed by atoms with van der Waals surface area (Å²) < 4.78 is 1.64. The highest BCUT2D eigenvalue weighted by atomic mass is 16.2. The first kappa shape index (κ1) is 17.3. The van der Waals surface area contributed by atoms with Crippen LogP contribution in [0.2, 0.25) is 0 Å². The third-order valence-corrected chi connectivity index (χ3v) is 4.13. The summed E-state index contributed by atoms with van der Waals surface area (Å²) in [6.07, 6.45) is 3.25. The van der Waals surface area contributed by atoms with E-state index < -0.39 is 11.5 Å². The molecule has 8 nitrogen and oxygen atoms in total. The summed E-state index contributed by atoms with van der Waals surface area (Å²) in [5, 5.41) is 8.79. The van der Waals surface area contributed by atoms with Crippen LogP contribution in [-0.2, 0) is 7.05 Å². The number of carbonyl (C=O) groups is 2. The van der Waals surface area contributed by atoms with Crippen LogP contribution >= 0.6 is 0 Å². The van der Waals surface area contributed by atoms with Crippen molar-refractivity contribution in [1.82, 2.24) is 19.7 Å². The number of carbonyl (C=O) groups excluding carboxylic acids is 2. The number of hydrogen-bond acceptors (Lipinski definition) is 5. The van der Waals surface area contributed by atoms with E-state index in [2.05, 4.69) is 20.5 Å². The highest BCUT2D eigenvalue weighted by Crippen LogP contribution is 2.14. The average Bonchev–Trinajstić information content (AvgIpc) is 3.04. The number of anilines is 1. The van der Waals surface area contributed by atoms with E-state index in [0.717, 1.165) is 0 Å². The molecule has 0 atom stereocenters. The molecular formula is C18H17N5O3. The molecule has 0 aliphatic rings. The predicted octanol–water partition coefficient (Wildman–Crippen LogP) is 1.60. The second kappa shape index (κ2) is 6.75. The van der Waals surface area contributed by atoms with Gasteiger partial charge in [0.2, 0.25) is 5.78 Å². The zero-order chi connectivity index (χ0) is 18.8. The fraction of sp³-hybridized carbons (Fsp3) is 0.167. The fourth-order valence-electron chi connectivity index (χ4n) is 2.51. The Morgan fingerprint density at radius 2 is 1.85 bits per heavy atom. The van der Waals surface area contributed by atoms with E-state index in [4.69, 9.17) is 0 Å². The van der Waals surface area contributed by atoms with E-state index in [0.29, 0.717) is 28.3 Å². The van der Waals surface area contributed by atoms with Crippen molar-refractivity contribution in [2.75, 3.05) is 5.32 Å². The van der Waals surface area contributed by atoms with Crippen LogP contribution in [0.15, 0.2) is 41.5 Å². The van der Waals surface area contributed by atoms with E-state index in [-0.39, 0.29) is 11.3 Å². The number of aromatic amines is 1. The van der Waals surface area contributed by atoms with Crippen LogP contribution in [0.3, 0.4) is 0 Å². The smallest absolute Gasteiger partial charge is 0.277 e. The maximum atomic E-state index is 12.4. The van der Waals surface area contributed by atoms with Crippen LogP contribution in [0, 0.1) is 13.8 Å². The summed E-state index contributed by atoms with van der Waals surface area (Å²) >= 11 is 0. The number of hydrogen-bond donors (Lipinski definition) is 2. The molecular weight excluding hydrogens is 334 g/mol. The molecule has 0 radical (unpaired) electrons. The molecule has 1 amide bonds. The van der Waals surface area contributed by atoms with Crippen LogP contribution in [0.1, 0.15) is 37.8 Å². The molecule has 0 fully saturated rings. The van der Waals surface area contributed by atoms with Gasteiger partial charge in [-0.05, 0) is 43.7 Å². The molecule has 0 unspecified atom stereocenters. The zero-order valence-corrected chi connectivity index (χ0v) is 14.5. The standard InChI is InChI=1S/C18H17N5O3/c1-10-11(2)21-22-18(26)14(10)17(25)20-13-6-4-12(5-7-13)15(24)16-19-8-9-23(16)3/h4-9H,1-3H3,(H,20,25)(H,22,26). The van der Waals surface area contributed by atoms with Crippen LogP contribution in [0.25, 0.3) is 0 Å². The van der Waals surface area contributed by atoms with Gasteiger partial charge in [0.1, 0.15) is 5.56 Å². The van der Waals surface area contributed by atoms with Crippen LogP contribution in [-0.4, -0.2) is 31.4 Å². The molecule has 2 aromatic heterocycles. The first-order valence-corrected chi connectivity index (χ1v) is 7.88. The summed E-state index contributed by atoms with van der Waals surface area (Å²) in [5.74, 6) is -0.416. The molecule has 2 heterocycles. The minimum atomic E-state index is -0.549. The first-order valence-electron chi connectivity index (χ1n) is 7.88. The molecule has 0 spiro atoms. The van der Waals surface area contributed by atoms with Crippen LogP contribution in [0.5, 0.6) is 0 Å². The number of benzene rings is 1. The van der Waals surface area contributed by atoms with E-state index in [1.165, 1.54) is 0 Å². The van der Waals surface area contributed by atoms with Crippen LogP contribution < -0.4 is 10.9 Å². The van der Waals surface area contributed by atoms with Gasteiger partial charge in [-0.15, -0.1) is 0 Å². The Kier molecular flexibility index (Phi) is 4.49. The third-order valence-electron chi connectivity index (χ3n) is 4.13. The lowest BCUT2D eigenvalue weighted by atomic mass is 10.1. The number of ketones is 1. The number of nitrogens with zero attached hydrogens (tertiary/aromatic N) is 3. The lowest BCUT2D eigenvalue weighted by Crippen LogP contribution is -2.26. The lowest BCUT2D eigenvalue weighted by molar-refractivity contribution is 0.101. The Hall–Kier alpha value is -3.55. The molecule has 8 heteroatoms. The molecule has 132 valence electrons. The predicted molar refractivity (Wildman–Crippen MR) is 95.4 cm³/mol. The summed E-state index contributed by atoms with van der Waals surface area (Å²) in [6, 6.07) is 6.40. The van der Waals surface area contributed by atoms with Crippen molar-refractivity contribution in [3.05, 3.63) is 75.2 Å². The summed E-state index contributed by atoms with van der Waals surface area (Å²) in [6.45, 7) is 3.38. The molecule has 0 saturated carbocycles. The maximum Gasteiger partial charge on any atom is 0.277 e. The molecule has 0 aliphatic carbocycles. The Morgan fingerprint density at radius 1 is 1.15 bits per heavy atom. The zero-order valence-electron chi connectivity index (χ0n) is 14.5. The Bertz CT molecular complexity index is 1050. The largest absolute Gasteiger partial charge is 0.331 e. The van der Waals surface area contributed by atoms with Crippen molar-refractivity contribution in [1.29, 1.82) is 0 Å². The number of amides is 1. The van der Waals surface area contributed by atoms with Gasteiger partial charge in [-0.25, -0.2) is 10.1 Å². The molecule has 26 heavy (non-hydrogen) atoms. The Morgan fingerprint density at radius 3 is 2.46 bits per heavy atom. The molecule has 3 rings (SSSR count). The number of H-pyrrole nitrogens is 1. The molecule has 3 aromatic rings. The SMILES string of the molecule is Cc1n[nH]c(=O)c(C(=O)Nc2ccc(C(=O)c3nccn3C)cc2)c1C. The third kappa shape index (κ3) is 3.16. The molecule has 0 aliphatic heterocycles. The Labute approximate surface area is 148 Å². The van der Waals surface area contributed by atoms with Crippen molar-refractivity contribution in [3.8, 4) is 0 Å². The normalized spacial score (nSPS) is 10.6. The van der Waals surface area contributed by atoms with Crippen molar-refractivity contribution in [2.24, 2.45) is 7.05 Å². The van der Waals surface area contributed by atoms with Gasteiger partial charge >= 0.3 is 0 Å². The van der Waals surface area contributed by atoms with Gasteiger partial charge in [0, 0.05) is 30.7 Å². The molecule has 0 bridgehead atoms. The van der Waals surface area contributed by atoms with Gasteiger partial charge < -0.3 is 9.88 Å². The van der Waals surface area contributed by atoms with Crippen LogP contribution in [0.4, 0.5) is 5.69 Å². The highest BCUT2D eigenvalue weighted by Gasteiger charge is 2.17. The number of imidazole rings is 1. The van der Waals surface area contributed by atoms with Gasteiger partial charge in [-0.1, -0.05) is 0 Å².